The molecule has 14 nitrogen and oxygen atoms in total. The fraction of sp³-hybridized carbons (Fsp3) is 0.372. The lowest BCUT2D eigenvalue weighted by Crippen LogP contribution is -2.72. The number of benzene rings is 2. The Morgan fingerprint density at radius 3 is 2.38 bits per heavy atom. The molecule has 4 aromatic heterocycles. The molecule has 3 fully saturated rings. The van der Waals surface area contributed by atoms with Gasteiger partial charge < -0.3 is 34.8 Å². The molecule has 2 amide bonds. The number of para-hydroxylation sites is 1. The molecule has 0 radical (unpaired) electrons. The number of carbonyl (C=O) groups excluding carboxylic acids is 2. The SMILES string of the molecule is Cc1ncsc1-c1ccc([C@H](C)NC(=O)[C@@H]2C[C@@H](O)CN2C(=O)C(c2cc(N3CC4(C3)CN(c3ccc5nnc(-c6ccccc6O)cc5n3)C4)no2)C(C)C)cc1. The van der Waals surface area contributed by atoms with Crippen LogP contribution in [0.2, 0.25) is 0 Å². The molecule has 3 aliphatic rings. The lowest BCUT2D eigenvalue weighted by atomic mass is 9.73. The van der Waals surface area contributed by atoms with Crippen LogP contribution in [-0.4, -0.2) is 97.1 Å². The zero-order valence-corrected chi connectivity index (χ0v) is 33.6. The Bertz CT molecular complexity index is 2490. The molecule has 1 unspecified atom stereocenters. The van der Waals surface area contributed by atoms with Crippen molar-refractivity contribution in [2.45, 2.75) is 58.2 Å². The van der Waals surface area contributed by atoms with E-state index >= 15 is 0 Å². The first-order valence-electron chi connectivity index (χ1n) is 19.6. The number of aliphatic hydroxyl groups excluding tert-OH is 1. The van der Waals surface area contributed by atoms with Crippen molar-refractivity contribution in [2.75, 3.05) is 42.5 Å². The van der Waals surface area contributed by atoms with E-state index in [1.165, 1.54) is 4.90 Å². The van der Waals surface area contributed by atoms with Crippen molar-refractivity contribution in [3.63, 3.8) is 0 Å². The molecule has 15 heteroatoms. The second kappa shape index (κ2) is 14.8. The predicted octanol–water partition coefficient (Wildman–Crippen LogP) is 5.72. The number of fused-ring (bicyclic) bond motifs is 1. The van der Waals surface area contributed by atoms with Crippen LogP contribution in [0, 0.1) is 18.3 Å². The number of aliphatic hydroxyl groups is 1. The predicted molar refractivity (Wildman–Crippen MR) is 220 cm³/mol. The lowest BCUT2D eigenvalue weighted by Gasteiger charge is -2.60. The van der Waals surface area contributed by atoms with Gasteiger partial charge >= 0.3 is 0 Å². The fourth-order valence-electron chi connectivity index (χ4n) is 8.65. The van der Waals surface area contributed by atoms with Gasteiger partial charge in [-0.05, 0) is 61.2 Å². The topological polar surface area (TPSA) is 174 Å². The van der Waals surface area contributed by atoms with Crippen molar-refractivity contribution in [3.8, 4) is 27.4 Å². The number of aryl methyl sites for hydroxylation is 1. The minimum atomic E-state index is -0.811. The van der Waals surface area contributed by atoms with Crippen LogP contribution in [0.4, 0.5) is 11.6 Å². The average molecular weight is 800 g/mol. The summed E-state index contributed by atoms with van der Waals surface area (Å²) in [6.45, 7) is 11.1. The summed E-state index contributed by atoms with van der Waals surface area (Å²) in [5, 5.41) is 37.1. The molecule has 3 aliphatic heterocycles. The first-order chi connectivity index (χ1) is 27.9. The van der Waals surface area contributed by atoms with Crippen LogP contribution in [0.15, 0.2) is 82.8 Å². The van der Waals surface area contributed by atoms with E-state index in [0.717, 1.165) is 53.7 Å². The highest BCUT2D eigenvalue weighted by molar-refractivity contribution is 7.13. The van der Waals surface area contributed by atoms with Crippen LogP contribution in [-0.2, 0) is 9.59 Å². The number of pyridine rings is 1. The van der Waals surface area contributed by atoms with E-state index in [0.29, 0.717) is 33.9 Å². The summed E-state index contributed by atoms with van der Waals surface area (Å²) < 4.78 is 5.86. The molecule has 0 aliphatic carbocycles. The van der Waals surface area contributed by atoms with Crippen molar-refractivity contribution in [2.24, 2.45) is 11.3 Å². The van der Waals surface area contributed by atoms with Crippen LogP contribution in [0.25, 0.3) is 32.7 Å². The van der Waals surface area contributed by atoms with Gasteiger partial charge in [-0.25, -0.2) is 9.97 Å². The van der Waals surface area contributed by atoms with Gasteiger partial charge in [-0.1, -0.05) is 55.4 Å². The number of hydrogen-bond donors (Lipinski definition) is 3. The number of phenols is 1. The van der Waals surface area contributed by atoms with Crippen molar-refractivity contribution < 1.29 is 24.3 Å². The Kier molecular flexibility index (Phi) is 9.59. The maximum Gasteiger partial charge on any atom is 0.243 e. The van der Waals surface area contributed by atoms with E-state index in [1.807, 2.05) is 87.8 Å². The van der Waals surface area contributed by atoms with E-state index in [-0.39, 0.29) is 47.9 Å². The number of β-amino-alcohol motifs (C(OH)–C–C–N with tert-alkyl or cyclic N) is 1. The second-order valence-electron chi connectivity index (χ2n) is 16.4. The minimum absolute atomic E-state index is 0.0702. The maximum atomic E-state index is 14.3. The van der Waals surface area contributed by atoms with Gasteiger partial charge in [-0.2, -0.15) is 0 Å². The van der Waals surface area contributed by atoms with Crippen LogP contribution in [0.5, 0.6) is 5.75 Å². The Balaban J connectivity index is 0.825. The van der Waals surface area contributed by atoms with Gasteiger partial charge in [0, 0.05) is 56.2 Å². The minimum Gasteiger partial charge on any atom is -0.507 e. The van der Waals surface area contributed by atoms with Crippen LogP contribution in [0.1, 0.15) is 56.2 Å². The first kappa shape index (κ1) is 37.6. The van der Waals surface area contributed by atoms with E-state index < -0.39 is 18.1 Å². The number of phenolic OH excluding ortho intramolecular Hbond substituents is 1. The highest BCUT2D eigenvalue weighted by atomic mass is 32.1. The summed E-state index contributed by atoms with van der Waals surface area (Å²) in [5.74, 6) is 0.747. The molecule has 3 saturated heterocycles. The Morgan fingerprint density at radius 2 is 1.67 bits per heavy atom. The van der Waals surface area contributed by atoms with Gasteiger partial charge in [-0.15, -0.1) is 21.5 Å². The molecule has 298 valence electrons. The number of likely N-dealkylation sites (tertiary alicyclic amines) is 1. The normalized spacial score (nSPS) is 19.7. The van der Waals surface area contributed by atoms with Crippen LogP contribution >= 0.6 is 11.3 Å². The molecular weight excluding hydrogens is 755 g/mol. The molecule has 7 heterocycles. The monoisotopic (exact) mass is 799 g/mol. The first-order valence-corrected chi connectivity index (χ1v) is 20.5. The highest BCUT2D eigenvalue weighted by Gasteiger charge is 2.53. The Labute approximate surface area is 339 Å². The fourth-order valence-corrected chi connectivity index (χ4v) is 9.46. The largest absolute Gasteiger partial charge is 0.507 e. The third-order valence-corrected chi connectivity index (χ3v) is 12.7. The molecule has 0 bridgehead atoms. The summed E-state index contributed by atoms with van der Waals surface area (Å²) in [6.07, 6.45) is -0.649. The van der Waals surface area contributed by atoms with Crippen LogP contribution in [0.3, 0.4) is 0 Å². The summed E-state index contributed by atoms with van der Waals surface area (Å²) >= 11 is 1.59. The number of aromatic nitrogens is 5. The molecule has 9 rings (SSSR count). The number of hydrogen-bond acceptors (Lipinski definition) is 13. The van der Waals surface area contributed by atoms with Crippen LogP contribution < -0.4 is 15.1 Å². The molecule has 1 spiro atoms. The Morgan fingerprint density at radius 1 is 0.931 bits per heavy atom. The van der Waals surface area contributed by atoms with Gasteiger partial charge in [0.1, 0.15) is 29.0 Å². The lowest BCUT2D eigenvalue weighted by molar-refractivity contribution is -0.141. The van der Waals surface area contributed by atoms with Gasteiger partial charge in [0.25, 0.3) is 0 Å². The molecular formula is C43H45N9O5S. The number of carbonyl (C=O) groups is 2. The Hall–Kier alpha value is -5.93. The summed E-state index contributed by atoms with van der Waals surface area (Å²) in [4.78, 5) is 44.2. The van der Waals surface area contributed by atoms with E-state index in [9.17, 15) is 19.8 Å². The molecule has 58 heavy (non-hydrogen) atoms. The number of nitrogens with one attached hydrogen (secondary N) is 1. The number of thiazole rings is 1. The smallest absolute Gasteiger partial charge is 0.243 e. The number of aromatic hydroxyl groups is 1. The number of amides is 2. The van der Waals surface area contributed by atoms with Gasteiger partial charge in [0.2, 0.25) is 11.8 Å². The van der Waals surface area contributed by atoms with Crippen molar-refractivity contribution in [3.05, 3.63) is 95.3 Å². The molecule has 2 aromatic carbocycles. The van der Waals surface area contributed by atoms with Crippen molar-refractivity contribution in [1.82, 2.24) is 35.5 Å². The van der Waals surface area contributed by atoms with Crippen molar-refractivity contribution >= 4 is 45.8 Å². The second-order valence-corrected chi connectivity index (χ2v) is 17.2. The summed E-state index contributed by atoms with van der Waals surface area (Å²) in [7, 11) is 0. The third-order valence-electron chi connectivity index (χ3n) is 11.8. The molecule has 3 N–H and O–H groups in total. The van der Waals surface area contributed by atoms with Gasteiger partial charge in [-0.3, -0.25) is 9.59 Å². The van der Waals surface area contributed by atoms with E-state index in [4.69, 9.17) is 9.51 Å². The standard InChI is InChI=1S/C43H45N9O5S/c1-24(2)39(42(56)52-18-29(53)15-34(52)41(55)45-25(3)27-9-11-28(12-10-27)40-26(4)44-23-58-40)36-17-38(49-57-36)51-21-43(22-51)19-50(20-43)37-14-13-31-33(46-37)16-32(48-47-31)30-7-5-6-8-35(30)54/h5-14,16-17,23-25,29,34,39,53-54H,15,18-22H2,1-4H3,(H,45,55)/t25-,29+,34-,39?/m0/s1. The molecule has 6 aromatic rings. The number of anilines is 2. The number of nitrogens with zero attached hydrogens (tertiary/aromatic N) is 8. The van der Waals surface area contributed by atoms with E-state index in [1.54, 1.807) is 29.5 Å². The average Bonchev–Trinajstić information content (AvgIpc) is 3.94. The highest BCUT2D eigenvalue weighted by Crippen LogP contribution is 2.44. The number of rotatable bonds is 10. The third kappa shape index (κ3) is 6.91. The maximum absolute atomic E-state index is 14.3. The molecule has 4 atom stereocenters. The zero-order valence-electron chi connectivity index (χ0n) is 32.7. The zero-order chi connectivity index (χ0) is 40.3. The summed E-state index contributed by atoms with van der Waals surface area (Å²) in [5.41, 5.74) is 7.48. The van der Waals surface area contributed by atoms with Gasteiger partial charge in [0.15, 0.2) is 11.6 Å². The molecule has 0 saturated carbocycles. The van der Waals surface area contributed by atoms with E-state index in [2.05, 4.69) is 35.5 Å². The van der Waals surface area contributed by atoms with Crippen molar-refractivity contribution in [1.29, 1.82) is 0 Å². The summed E-state index contributed by atoms with van der Waals surface area (Å²) in [6, 6.07) is 21.6. The van der Waals surface area contributed by atoms with Gasteiger partial charge in [0.05, 0.1) is 39.4 Å². The quantitative estimate of drug-likeness (QED) is 0.154.